The normalized spacial score (nSPS) is 13.5. The molecule has 0 bridgehead atoms. The zero-order chi connectivity index (χ0) is 36.8. The Balaban J connectivity index is 2.79. The van der Waals surface area contributed by atoms with Crippen LogP contribution in [0.2, 0.25) is 39.3 Å². The van der Waals surface area contributed by atoms with Gasteiger partial charge in [0.05, 0.1) is 0 Å². The SMILES string of the molecule is CC(C)c1cc(C(C)C)c(-c2cccc(-c3c(C(C)C)cc(C(C)C)cc3C(C)C)c2[Si](F)(F)N([Si](C)(C)C)[Si](C)(C)C)c(C(C)C)c1. The second-order valence-electron chi connectivity index (χ2n) is 18.0. The van der Waals surface area contributed by atoms with E-state index in [-0.39, 0.29) is 23.7 Å². The van der Waals surface area contributed by atoms with E-state index in [2.05, 4.69) is 153 Å². The van der Waals surface area contributed by atoms with E-state index in [9.17, 15) is 0 Å². The van der Waals surface area contributed by atoms with Crippen molar-refractivity contribution in [1.82, 2.24) is 3.90 Å². The first-order chi connectivity index (χ1) is 21.8. The molecule has 0 fully saturated rings. The number of halogens is 2. The third kappa shape index (κ3) is 8.19. The Morgan fingerprint density at radius 3 is 0.938 bits per heavy atom. The molecule has 266 valence electrons. The van der Waals surface area contributed by atoms with Crippen LogP contribution in [0.5, 0.6) is 0 Å². The van der Waals surface area contributed by atoms with Crippen LogP contribution < -0.4 is 5.19 Å². The second kappa shape index (κ2) is 14.8. The van der Waals surface area contributed by atoms with Crippen molar-refractivity contribution in [3.63, 3.8) is 0 Å². The largest absolute Gasteiger partial charge is 0.528 e. The van der Waals surface area contributed by atoms with E-state index in [0.717, 1.165) is 22.3 Å². The van der Waals surface area contributed by atoms with Crippen molar-refractivity contribution in [3.05, 3.63) is 75.8 Å². The maximum absolute atomic E-state index is 18.6. The topological polar surface area (TPSA) is 3.24 Å². The molecule has 0 amide bonds. The highest BCUT2D eigenvalue weighted by Crippen LogP contribution is 2.45. The first kappa shape index (κ1) is 40.6. The van der Waals surface area contributed by atoms with Gasteiger partial charge in [0.25, 0.3) is 0 Å². The van der Waals surface area contributed by atoms with Crippen LogP contribution in [-0.4, -0.2) is 29.3 Å². The molecule has 0 N–H and O–H groups in total. The molecule has 0 aromatic heterocycles. The van der Waals surface area contributed by atoms with Gasteiger partial charge >= 0.3 is 8.90 Å². The lowest BCUT2D eigenvalue weighted by Gasteiger charge is -2.47. The van der Waals surface area contributed by atoms with Crippen molar-refractivity contribution >= 4 is 30.6 Å². The minimum atomic E-state index is -5.28. The first-order valence-electron chi connectivity index (χ1n) is 18.5. The molecule has 0 aliphatic rings. The first-order valence-corrected chi connectivity index (χ1v) is 27.1. The van der Waals surface area contributed by atoms with Gasteiger partial charge in [-0.05, 0) is 91.1 Å². The highest BCUT2D eigenvalue weighted by molar-refractivity contribution is 7.05. The lowest BCUT2D eigenvalue weighted by molar-refractivity contribution is 0.550. The fourth-order valence-corrected chi connectivity index (χ4v) is 24.5. The van der Waals surface area contributed by atoms with Crippen LogP contribution in [0.25, 0.3) is 22.3 Å². The molecule has 3 rings (SSSR count). The smallest absolute Gasteiger partial charge is 0.314 e. The summed E-state index contributed by atoms with van der Waals surface area (Å²) in [7, 11) is -10.2. The zero-order valence-electron chi connectivity index (χ0n) is 33.7. The summed E-state index contributed by atoms with van der Waals surface area (Å²) in [5, 5.41) is 0.331. The van der Waals surface area contributed by atoms with E-state index >= 15 is 8.22 Å². The monoisotopic (exact) mass is 707 g/mol. The van der Waals surface area contributed by atoms with E-state index in [1.807, 2.05) is 16.0 Å². The van der Waals surface area contributed by atoms with Crippen LogP contribution in [0.4, 0.5) is 8.22 Å². The molecule has 0 radical (unpaired) electrons. The fraction of sp³-hybridized carbons (Fsp3) is 0.571. The summed E-state index contributed by atoms with van der Waals surface area (Å²) >= 11 is 0. The summed E-state index contributed by atoms with van der Waals surface area (Å²) < 4.78 is 39.0. The summed E-state index contributed by atoms with van der Waals surface area (Å²) in [6.07, 6.45) is 0. The van der Waals surface area contributed by atoms with E-state index < -0.39 is 25.4 Å². The quantitative estimate of drug-likeness (QED) is 0.134. The Kier molecular flexibility index (Phi) is 12.5. The molecular weight excluding hydrogens is 641 g/mol. The van der Waals surface area contributed by atoms with E-state index in [0.29, 0.717) is 17.0 Å². The molecule has 0 aliphatic heterocycles. The summed E-state index contributed by atoms with van der Waals surface area (Å²) in [6.45, 7) is 39.5. The van der Waals surface area contributed by atoms with Crippen molar-refractivity contribution in [2.24, 2.45) is 0 Å². The van der Waals surface area contributed by atoms with Gasteiger partial charge in [-0.15, -0.1) is 0 Å². The molecule has 3 aromatic carbocycles. The maximum atomic E-state index is 18.6. The van der Waals surface area contributed by atoms with E-state index in [1.54, 1.807) is 0 Å². The molecule has 0 saturated heterocycles. The third-order valence-electron chi connectivity index (χ3n) is 9.79. The standard InChI is InChI=1S/C42H67F2NSi3/c1-26(2)32-22-36(28(5)6)40(37(23-32)29(7)8)34-20-19-21-35(42(34)48(43,44)45(46(13,14)15)47(16,17)18)41-38(30(9)10)24-33(27(3)4)25-39(41)31(11)12/h19-31H,1-18H3. The second-order valence-corrected chi connectivity index (χ2v) is 31.0. The lowest BCUT2D eigenvalue weighted by atomic mass is 9.79. The summed E-state index contributed by atoms with van der Waals surface area (Å²) in [4.78, 5) is 0. The molecule has 0 heterocycles. The zero-order valence-corrected chi connectivity index (χ0v) is 36.7. The molecule has 0 spiro atoms. The van der Waals surface area contributed by atoms with Gasteiger partial charge in [0, 0.05) is 5.19 Å². The van der Waals surface area contributed by atoms with E-state index in [4.69, 9.17) is 0 Å². The average Bonchev–Trinajstić information content (AvgIpc) is 2.93. The van der Waals surface area contributed by atoms with Crippen LogP contribution in [0.1, 0.15) is 152 Å². The number of hydrogen-bond acceptors (Lipinski definition) is 1. The molecule has 1 nitrogen and oxygen atoms in total. The van der Waals surface area contributed by atoms with Gasteiger partial charge in [-0.1, -0.05) is 165 Å². The summed E-state index contributed by atoms with van der Waals surface area (Å²) in [6, 6.07) is 15.4. The van der Waals surface area contributed by atoms with E-state index in [1.165, 1.54) is 33.4 Å². The fourth-order valence-electron chi connectivity index (χ4n) is 7.79. The van der Waals surface area contributed by atoms with Crippen LogP contribution in [0.15, 0.2) is 42.5 Å². The Morgan fingerprint density at radius 1 is 0.458 bits per heavy atom. The van der Waals surface area contributed by atoms with Gasteiger partial charge < -0.3 is 3.90 Å². The summed E-state index contributed by atoms with van der Waals surface area (Å²) in [5.74, 6) is 1.47. The van der Waals surface area contributed by atoms with Crippen LogP contribution >= 0.6 is 0 Å². The molecule has 0 unspecified atom stereocenters. The predicted octanol–water partition coefficient (Wildman–Crippen LogP) is 13.8. The van der Waals surface area contributed by atoms with Crippen molar-refractivity contribution in [3.8, 4) is 22.3 Å². The molecule has 6 heteroatoms. The average molecular weight is 708 g/mol. The molecule has 3 aromatic rings. The maximum Gasteiger partial charge on any atom is 0.528 e. The number of hydrogen-bond donors (Lipinski definition) is 0. The number of benzene rings is 3. The van der Waals surface area contributed by atoms with Gasteiger partial charge in [-0.3, -0.25) is 0 Å². The van der Waals surface area contributed by atoms with Gasteiger partial charge in [0.2, 0.25) is 0 Å². The molecule has 48 heavy (non-hydrogen) atoms. The Morgan fingerprint density at radius 2 is 0.729 bits per heavy atom. The predicted molar refractivity (Wildman–Crippen MR) is 218 cm³/mol. The van der Waals surface area contributed by atoms with Crippen molar-refractivity contribution in [2.45, 2.75) is 158 Å². The highest BCUT2D eigenvalue weighted by Gasteiger charge is 2.57. The number of nitrogens with zero attached hydrogens (tertiary/aromatic N) is 1. The Labute approximate surface area is 297 Å². The third-order valence-corrected chi connectivity index (χ3v) is 23.9. The Hall–Kier alpha value is -1.87. The van der Waals surface area contributed by atoms with Gasteiger partial charge in [-0.25, -0.2) is 8.22 Å². The molecule has 0 saturated carbocycles. The van der Waals surface area contributed by atoms with Crippen molar-refractivity contribution < 1.29 is 8.22 Å². The molecule has 0 aliphatic carbocycles. The van der Waals surface area contributed by atoms with Gasteiger partial charge in [0.1, 0.15) is 16.5 Å². The Bertz CT molecular complexity index is 1420. The lowest BCUT2D eigenvalue weighted by Crippen LogP contribution is -2.73. The van der Waals surface area contributed by atoms with Crippen LogP contribution in [0, 0.1) is 0 Å². The van der Waals surface area contributed by atoms with Crippen LogP contribution in [0.3, 0.4) is 0 Å². The van der Waals surface area contributed by atoms with Gasteiger partial charge in [-0.2, -0.15) is 0 Å². The molecular formula is C42H67F2NSi3. The minimum Gasteiger partial charge on any atom is -0.314 e. The minimum absolute atomic E-state index is 0.191. The number of rotatable bonds is 12. The van der Waals surface area contributed by atoms with Gasteiger partial charge in [0.15, 0.2) is 0 Å². The summed E-state index contributed by atoms with van der Waals surface area (Å²) in [5.41, 5.74) is 10.9. The van der Waals surface area contributed by atoms with Crippen molar-refractivity contribution in [1.29, 1.82) is 0 Å². The highest BCUT2D eigenvalue weighted by atomic mass is 28.5. The van der Waals surface area contributed by atoms with Crippen molar-refractivity contribution in [2.75, 3.05) is 0 Å². The molecule has 0 atom stereocenters. The van der Waals surface area contributed by atoms with Crippen LogP contribution in [-0.2, 0) is 0 Å².